The summed E-state index contributed by atoms with van der Waals surface area (Å²) in [6.45, 7) is 0.494. The van der Waals surface area contributed by atoms with E-state index in [-0.39, 0.29) is 0 Å². The number of nitrogens with two attached hydrogens (primary N) is 1. The van der Waals surface area contributed by atoms with Gasteiger partial charge in [-0.3, -0.25) is 9.97 Å². The first-order valence-electron chi connectivity index (χ1n) is 6.73. The number of rotatable bonds is 3. The van der Waals surface area contributed by atoms with Gasteiger partial charge in [-0.2, -0.15) is 0 Å². The number of nitrogens with zero attached hydrogens (tertiary/aromatic N) is 2. The van der Waals surface area contributed by atoms with E-state index in [2.05, 4.69) is 31.2 Å². The molecule has 0 saturated heterocycles. The number of nitrogen functional groups attached to an aromatic ring is 1. The molecule has 0 bridgehead atoms. The number of pyridine rings is 2. The summed E-state index contributed by atoms with van der Waals surface area (Å²) in [6, 6.07) is 1.90. The summed E-state index contributed by atoms with van der Waals surface area (Å²) < 4.78 is 0.877. The zero-order chi connectivity index (χ0) is 14.2. The molecule has 2 aromatic rings. The highest BCUT2D eigenvalue weighted by Crippen LogP contribution is 2.32. The molecule has 0 aromatic carbocycles. The standard InChI is InChI=1S/C14H17BrN4O/c15-9-5-11-13(18-6-9)12(10(16)7-17-11)19-8-14(20)3-1-2-4-14/h5-7,20H,1-4,8,16H2,(H,17,19). The van der Waals surface area contributed by atoms with Crippen molar-refractivity contribution in [2.75, 3.05) is 17.6 Å². The Kier molecular flexibility index (Phi) is 3.52. The molecule has 1 fully saturated rings. The Morgan fingerprint density at radius 2 is 2.05 bits per heavy atom. The Labute approximate surface area is 125 Å². The first kappa shape index (κ1) is 13.6. The topological polar surface area (TPSA) is 84.1 Å². The van der Waals surface area contributed by atoms with Crippen molar-refractivity contribution in [1.82, 2.24) is 9.97 Å². The summed E-state index contributed by atoms with van der Waals surface area (Å²) in [4.78, 5) is 8.66. The molecule has 5 nitrogen and oxygen atoms in total. The number of hydrogen-bond acceptors (Lipinski definition) is 5. The summed E-state index contributed by atoms with van der Waals surface area (Å²) >= 11 is 3.38. The van der Waals surface area contributed by atoms with Crippen molar-refractivity contribution in [3.8, 4) is 0 Å². The van der Waals surface area contributed by atoms with Crippen LogP contribution in [0, 0.1) is 0 Å². The number of aliphatic hydroxyl groups is 1. The number of hydrogen-bond donors (Lipinski definition) is 3. The van der Waals surface area contributed by atoms with Crippen molar-refractivity contribution < 1.29 is 5.11 Å². The number of fused-ring (bicyclic) bond motifs is 1. The molecule has 2 aromatic heterocycles. The van der Waals surface area contributed by atoms with E-state index in [1.807, 2.05) is 6.07 Å². The average molecular weight is 337 g/mol. The molecule has 0 spiro atoms. The van der Waals surface area contributed by atoms with Crippen LogP contribution in [0.3, 0.4) is 0 Å². The van der Waals surface area contributed by atoms with E-state index in [1.165, 1.54) is 0 Å². The van der Waals surface area contributed by atoms with E-state index in [4.69, 9.17) is 5.73 Å². The fourth-order valence-electron chi connectivity index (χ4n) is 2.71. The van der Waals surface area contributed by atoms with Crippen molar-refractivity contribution in [3.63, 3.8) is 0 Å². The van der Waals surface area contributed by atoms with Gasteiger partial charge < -0.3 is 16.2 Å². The molecule has 1 aliphatic carbocycles. The molecule has 3 rings (SSSR count). The van der Waals surface area contributed by atoms with Crippen LogP contribution in [0.25, 0.3) is 11.0 Å². The van der Waals surface area contributed by atoms with Crippen molar-refractivity contribution in [1.29, 1.82) is 0 Å². The first-order valence-corrected chi connectivity index (χ1v) is 7.53. The van der Waals surface area contributed by atoms with Crippen LogP contribution in [0.1, 0.15) is 25.7 Å². The zero-order valence-electron chi connectivity index (χ0n) is 11.1. The fraction of sp³-hybridized carbons (Fsp3) is 0.429. The lowest BCUT2D eigenvalue weighted by Gasteiger charge is -2.23. The van der Waals surface area contributed by atoms with Crippen LogP contribution in [0.15, 0.2) is 22.9 Å². The number of anilines is 2. The molecule has 0 radical (unpaired) electrons. The number of aromatic nitrogens is 2. The van der Waals surface area contributed by atoms with Gasteiger partial charge in [0, 0.05) is 17.2 Å². The fourth-order valence-corrected chi connectivity index (χ4v) is 3.03. The lowest BCUT2D eigenvalue weighted by Crippen LogP contribution is -2.33. The summed E-state index contributed by atoms with van der Waals surface area (Å²) in [6.07, 6.45) is 7.17. The van der Waals surface area contributed by atoms with Crippen LogP contribution >= 0.6 is 15.9 Å². The van der Waals surface area contributed by atoms with Gasteiger partial charge in [0.2, 0.25) is 0 Å². The monoisotopic (exact) mass is 336 g/mol. The smallest absolute Gasteiger partial charge is 0.114 e. The van der Waals surface area contributed by atoms with Gasteiger partial charge in [-0.05, 0) is 34.8 Å². The van der Waals surface area contributed by atoms with Crippen LogP contribution in [0.5, 0.6) is 0 Å². The molecule has 1 aliphatic rings. The molecule has 0 aliphatic heterocycles. The minimum Gasteiger partial charge on any atom is -0.396 e. The van der Waals surface area contributed by atoms with E-state index < -0.39 is 5.60 Å². The number of halogens is 1. The van der Waals surface area contributed by atoms with Crippen LogP contribution < -0.4 is 11.1 Å². The third-order valence-electron chi connectivity index (χ3n) is 3.83. The highest BCUT2D eigenvalue weighted by atomic mass is 79.9. The summed E-state index contributed by atoms with van der Waals surface area (Å²) in [7, 11) is 0. The van der Waals surface area contributed by atoms with Gasteiger partial charge in [0.15, 0.2) is 0 Å². The quantitative estimate of drug-likeness (QED) is 0.802. The highest BCUT2D eigenvalue weighted by molar-refractivity contribution is 9.10. The van der Waals surface area contributed by atoms with E-state index in [1.54, 1.807) is 12.4 Å². The van der Waals surface area contributed by atoms with Gasteiger partial charge in [-0.25, -0.2) is 0 Å². The predicted octanol–water partition coefficient (Wildman–Crippen LogP) is 2.69. The SMILES string of the molecule is Nc1cnc2cc(Br)cnc2c1NCC1(O)CCCC1. The van der Waals surface area contributed by atoms with E-state index in [9.17, 15) is 5.11 Å². The molecule has 4 N–H and O–H groups in total. The molecular formula is C14H17BrN4O. The largest absolute Gasteiger partial charge is 0.396 e. The van der Waals surface area contributed by atoms with Gasteiger partial charge in [0.1, 0.15) is 5.52 Å². The lowest BCUT2D eigenvalue weighted by atomic mass is 10.0. The summed E-state index contributed by atoms with van der Waals surface area (Å²) in [5.74, 6) is 0. The van der Waals surface area contributed by atoms with E-state index in [0.29, 0.717) is 12.2 Å². The van der Waals surface area contributed by atoms with Gasteiger partial charge in [-0.1, -0.05) is 12.8 Å². The van der Waals surface area contributed by atoms with Gasteiger partial charge in [-0.15, -0.1) is 0 Å². The van der Waals surface area contributed by atoms with Crippen LogP contribution in [0.4, 0.5) is 11.4 Å². The first-order chi connectivity index (χ1) is 9.57. The van der Waals surface area contributed by atoms with Crippen LogP contribution in [-0.4, -0.2) is 27.2 Å². The average Bonchev–Trinajstić information content (AvgIpc) is 2.85. The molecule has 2 heterocycles. The van der Waals surface area contributed by atoms with Gasteiger partial charge >= 0.3 is 0 Å². The maximum absolute atomic E-state index is 10.4. The second-order valence-electron chi connectivity index (χ2n) is 5.39. The lowest BCUT2D eigenvalue weighted by molar-refractivity contribution is 0.0615. The van der Waals surface area contributed by atoms with E-state index >= 15 is 0 Å². The van der Waals surface area contributed by atoms with Crippen molar-refractivity contribution in [2.45, 2.75) is 31.3 Å². The molecule has 20 heavy (non-hydrogen) atoms. The molecular weight excluding hydrogens is 320 g/mol. The minimum atomic E-state index is -0.628. The van der Waals surface area contributed by atoms with Crippen molar-refractivity contribution in [3.05, 3.63) is 22.9 Å². The van der Waals surface area contributed by atoms with Crippen molar-refractivity contribution in [2.24, 2.45) is 0 Å². The summed E-state index contributed by atoms with van der Waals surface area (Å²) in [5, 5.41) is 13.7. The maximum Gasteiger partial charge on any atom is 0.114 e. The molecule has 1 saturated carbocycles. The Morgan fingerprint density at radius 1 is 1.30 bits per heavy atom. The van der Waals surface area contributed by atoms with Gasteiger partial charge in [0.05, 0.1) is 28.7 Å². The predicted molar refractivity (Wildman–Crippen MR) is 83.6 cm³/mol. The van der Waals surface area contributed by atoms with Gasteiger partial charge in [0.25, 0.3) is 0 Å². The number of nitrogens with one attached hydrogen (secondary N) is 1. The Bertz CT molecular complexity index is 640. The van der Waals surface area contributed by atoms with E-state index in [0.717, 1.165) is 46.9 Å². The molecule has 0 atom stereocenters. The molecule has 0 amide bonds. The molecule has 6 heteroatoms. The Balaban J connectivity index is 1.92. The highest BCUT2D eigenvalue weighted by Gasteiger charge is 2.31. The third-order valence-corrected chi connectivity index (χ3v) is 4.26. The Hall–Kier alpha value is -1.40. The maximum atomic E-state index is 10.4. The Morgan fingerprint density at radius 3 is 2.80 bits per heavy atom. The zero-order valence-corrected chi connectivity index (χ0v) is 12.7. The minimum absolute atomic E-state index is 0.494. The second-order valence-corrected chi connectivity index (χ2v) is 6.31. The van der Waals surface area contributed by atoms with Crippen LogP contribution in [0.2, 0.25) is 0 Å². The molecule has 0 unspecified atom stereocenters. The third kappa shape index (κ3) is 2.58. The molecule has 106 valence electrons. The summed E-state index contributed by atoms with van der Waals surface area (Å²) in [5.41, 5.74) is 8.17. The van der Waals surface area contributed by atoms with Crippen LogP contribution in [-0.2, 0) is 0 Å². The van der Waals surface area contributed by atoms with Crippen molar-refractivity contribution >= 4 is 38.3 Å². The second kappa shape index (κ2) is 5.18. The normalized spacial score (nSPS) is 17.5.